The van der Waals surface area contributed by atoms with Crippen molar-refractivity contribution >= 4 is 17.6 Å². The summed E-state index contributed by atoms with van der Waals surface area (Å²) in [4.78, 5) is 28.7. The lowest BCUT2D eigenvalue weighted by molar-refractivity contribution is -0.145. The van der Waals surface area contributed by atoms with E-state index < -0.39 is 5.97 Å². The number of carboxylic acids is 1. The first-order valence-electron chi connectivity index (χ1n) is 9.87. The molecule has 5 heteroatoms. The van der Waals surface area contributed by atoms with Gasteiger partial charge in [0.25, 0.3) is 0 Å². The Kier molecular flexibility index (Phi) is 6.30. The number of anilines is 1. The first-order chi connectivity index (χ1) is 12.5. The number of amides is 1. The zero-order valence-electron chi connectivity index (χ0n) is 15.6. The Morgan fingerprint density at radius 3 is 2.46 bits per heavy atom. The van der Waals surface area contributed by atoms with Crippen LogP contribution in [0.2, 0.25) is 0 Å². The summed E-state index contributed by atoms with van der Waals surface area (Å²) in [5.41, 5.74) is 0.962. The van der Waals surface area contributed by atoms with Crippen LogP contribution in [0.5, 0.6) is 0 Å². The Balaban J connectivity index is 1.73. The largest absolute Gasteiger partial charge is 0.481 e. The number of nitrogens with zero attached hydrogens (tertiary/aromatic N) is 2. The molecule has 1 amide bonds. The fourth-order valence-corrected chi connectivity index (χ4v) is 4.52. The van der Waals surface area contributed by atoms with E-state index in [0.29, 0.717) is 25.4 Å². The van der Waals surface area contributed by atoms with Crippen LogP contribution in [0.1, 0.15) is 45.4 Å². The molecular formula is C21H30N2O3. The molecule has 1 aromatic carbocycles. The Bertz CT molecular complexity index is 613. The molecule has 2 unspecified atom stereocenters. The lowest BCUT2D eigenvalue weighted by Gasteiger charge is -2.38. The second-order valence-corrected chi connectivity index (χ2v) is 7.96. The van der Waals surface area contributed by atoms with Crippen molar-refractivity contribution in [3.63, 3.8) is 0 Å². The molecule has 1 aliphatic carbocycles. The molecule has 142 valence electrons. The van der Waals surface area contributed by atoms with Crippen LogP contribution in [0.4, 0.5) is 5.69 Å². The minimum absolute atomic E-state index is 0.0985. The van der Waals surface area contributed by atoms with Gasteiger partial charge in [0.05, 0.1) is 12.5 Å². The number of carbonyl (C=O) groups excluding carboxylic acids is 1. The molecule has 1 aliphatic heterocycles. The van der Waals surface area contributed by atoms with E-state index in [1.165, 1.54) is 19.3 Å². The Morgan fingerprint density at radius 1 is 1.12 bits per heavy atom. The third kappa shape index (κ3) is 4.64. The number of likely N-dealkylation sites (tertiary alicyclic amines) is 1. The average molecular weight is 358 g/mol. The smallest absolute Gasteiger partial charge is 0.307 e. The van der Waals surface area contributed by atoms with Crippen molar-refractivity contribution in [1.29, 1.82) is 0 Å². The molecule has 3 rings (SSSR count). The van der Waals surface area contributed by atoms with Crippen LogP contribution in [-0.4, -0.2) is 47.6 Å². The van der Waals surface area contributed by atoms with Gasteiger partial charge < -0.3 is 10.0 Å². The van der Waals surface area contributed by atoms with Crippen LogP contribution in [0.15, 0.2) is 30.3 Å². The Labute approximate surface area is 156 Å². The zero-order valence-corrected chi connectivity index (χ0v) is 15.6. The predicted molar refractivity (Wildman–Crippen MR) is 102 cm³/mol. The van der Waals surface area contributed by atoms with Gasteiger partial charge in [-0.05, 0) is 37.3 Å². The number of hydrogen-bond acceptors (Lipinski definition) is 3. The normalized spacial score (nSPS) is 25.0. The summed E-state index contributed by atoms with van der Waals surface area (Å²) in [6.45, 7) is 3.64. The third-order valence-corrected chi connectivity index (χ3v) is 5.69. The number of aliphatic carboxylic acids is 1. The van der Waals surface area contributed by atoms with Crippen LogP contribution in [0, 0.1) is 11.8 Å². The highest BCUT2D eigenvalue weighted by atomic mass is 16.4. The summed E-state index contributed by atoms with van der Waals surface area (Å²) >= 11 is 0. The maximum absolute atomic E-state index is 13.2. The maximum atomic E-state index is 13.2. The minimum Gasteiger partial charge on any atom is -0.481 e. The molecule has 0 aromatic heterocycles. The molecular weight excluding hydrogens is 328 g/mol. The summed E-state index contributed by atoms with van der Waals surface area (Å²) in [7, 11) is 0. The molecule has 1 saturated heterocycles. The van der Waals surface area contributed by atoms with Crippen molar-refractivity contribution in [1.82, 2.24) is 4.90 Å². The van der Waals surface area contributed by atoms with Crippen molar-refractivity contribution < 1.29 is 14.7 Å². The highest BCUT2D eigenvalue weighted by molar-refractivity contribution is 5.95. The first-order valence-corrected chi connectivity index (χ1v) is 9.87. The van der Waals surface area contributed by atoms with E-state index in [0.717, 1.165) is 25.1 Å². The number of piperidine rings is 1. The molecule has 2 atom stereocenters. The zero-order chi connectivity index (χ0) is 18.5. The van der Waals surface area contributed by atoms with Gasteiger partial charge in [0.2, 0.25) is 5.91 Å². The molecule has 0 spiro atoms. The van der Waals surface area contributed by atoms with Gasteiger partial charge in [-0.1, -0.05) is 44.4 Å². The topological polar surface area (TPSA) is 60.9 Å². The van der Waals surface area contributed by atoms with Gasteiger partial charge in [-0.3, -0.25) is 14.5 Å². The average Bonchev–Trinajstić information content (AvgIpc) is 2.63. The number of carboxylic acid groups (broad SMARTS) is 1. The van der Waals surface area contributed by atoms with E-state index >= 15 is 0 Å². The van der Waals surface area contributed by atoms with Crippen LogP contribution >= 0.6 is 0 Å². The highest BCUT2D eigenvalue weighted by Gasteiger charge is 2.33. The standard InChI is InChI=1S/C21H30N2O3/c1-16-12-17(21(25)26)14-22(13-16)15-20(24)23(18-8-4-2-5-9-18)19-10-6-3-7-11-19/h2,4-5,8-9,16-17,19H,3,6-7,10-15H2,1H3,(H,25,26). The second kappa shape index (κ2) is 8.67. The van der Waals surface area contributed by atoms with Crippen molar-refractivity contribution in [3.8, 4) is 0 Å². The molecule has 2 aliphatic rings. The van der Waals surface area contributed by atoms with E-state index in [-0.39, 0.29) is 17.9 Å². The van der Waals surface area contributed by atoms with Gasteiger partial charge in [0, 0.05) is 24.8 Å². The first kappa shape index (κ1) is 18.9. The Morgan fingerprint density at radius 2 is 1.81 bits per heavy atom. The molecule has 0 radical (unpaired) electrons. The van der Waals surface area contributed by atoms with E-state index in [9.17, 15) is 14.7 Å². The second-order valence-electron chi connectivity index (χ2n) is 7.96. The van der Waals surface area contributed by atoms with E-state index in [1.54, 1.807) is 0 Å². The van der Waals surface area contributed by atoms with Crippen LogP contribution in [-0.2, 0) is 9.59 Å². The quantitative estimate of drug-likeness (QED) is 0.876. The van der Waals surface area contributed by atoms with E-state index in [2.05, 4.69) is 6.92 Å². The molecule has 5 nitrogen and oxygen atoms in total. The summed E-state index contributed by atoms with van der Waals surface area (Å²) < 4.78 is 0. The predicted octanol–water partition coefficient (Wildman–Crippen LogP) is 3.39. The summed E-state index contributed by atoms with van der Waals surface area (Å²) in [5.74, 6) is -0.716. The number of para-hydroxylation sites is 1. The maximum Gasteiger partial charge on any atom is 0.307 e. The number of hydrogen-bond donors (Lipinski definition) is 1. The van der Waals surface area contributed by atoms with Crippen LogP contribution in [0.25, 0.3) is 0 Å². The van der Waals surface area contributed by atoms with Crippen molar-refractivity contribution in [2.24, 2.45) is 11.8 Å². The molecule has 2 fully saturated rings. The van der Waals surface area contributed by atoms with Gasteiger partial charge in [-0.25, -0.2) is 0 Å². The van der Waals surface area contributed by atoms with Gasteiger partial charge in [0.1, 0.15) is 0 Å². The SMILES string of the molecule is CC1CC(C(=O)O)CN(CC(=O)N(c2ccccc2)C2CCCCC2)C1. The molecule has 0 bridgehead atoms. The molecule has 26 heavy (non-hydrogen) atoms. The van der Waals surface area contributed by atoms with E-state index in [4.69, 9.17) is 0 Å². The van der Waals surface area contributed by atoms with Crippen molar-refractivity contribution in [2.45, 2.75) is 51.5 Å². The van der Waals surface area contributed by atoms with Crippen LogP contribution in [0.3, 0.4) is 0 Å². The van der Waals surface area contributed by atoms with Gasteiger partial charge >= 0.3 is 5.97 Å². The molecule has 1 aromatic rings. The third-order valence-electron chi connectivity index (χ3n) is 5.69. The number of benzene rings is 1. The fraction of sp³-hybridized carbons (Fsp3) is 0.619. The lowest BCUT2D eigenvalue weighted by atomic mass is 9.90. The number of carbonyl (C=O) groups is 2. The monoisotopic (exact) mass is 358 g/mol. The fourth-order valence-electron chi connectivity index (χ4n) is 4.52. The summed E-state index contributed by atoms with van der Waals surface area (Å²) in [5, 5.41) is 9.38. The van der Waals surface area contributed by atoms with Crippen molar-refractivity contribution in [2.75, 3.05) is 24.5 Å². The Hall–Kier alpha value is -1.88. The summed E-state index contributed by atoms with van der Waals surface area (Å²) in [6, 6.07) is 10.2. The molecule has 1 heterocycles. The highest BCUT2D eigenvalue weighted by Crippen LogP contribution is 2.28. The van der Waals surface area contributed by atoms with Crippen molar-refractivity contribution in [3.05, 3.63) is 30.3 Å². The van der Waals surface area contributed by atoms with Crippen LogP contribution < -0.4 is 4.90 Å². The van der Waals surface area contributed by atoms with Gasteiger partial charge in [-0.2, -0.15) is 0 Å². The summed E-state index contributed by atoms with van der Waals surface area (Å²) in [6.07, 6.45) is 6.39. The van der Waals surface area contributed by atoms with Gasteiger partial charge in [-0.15, -0.1) is 0 Å². The van der Waals surface area contributed by atoms with Gasteiger partial charge in [0.15, 0.2) is 0 Å². The molecule has 1 N–H and O–H groups in total. The molecule has 1 saturated carbocycles. The lowest BCUT2D eigenvalue weighted by Crippen LogP contribution is -2.50. The number of rotatable bonds is 5. The minimum atomic E-state index is -0.749. The van der Waals surface area contributed by atoms with E-state index in [1.807, 2.05) is 40.1 Å².